The second-order valence-electron chi connectivity index (χ2n) is 4.63. The molecule has 1 aliphatic carbocycles. The zero-order valence-corrected chi connectivity index (χ0v) is 9.85. The average molecular weight is 234 g/mol. The summed E-state index contributed by atoms with van der Waals surface area (Å²) < 4.78 is 0. The SMILES string of the molecule is O=C(CCCO)NCC1(c2cccnc2)CC1. The van der Waals surface area contributed by atoms with Crippen molar-refractivity contribution in [2.75, 3.05) is 13.2 Å². The second kappa shape index (κ2) is 5.27. The lowest BCUT2D eigenvalue weighted by Crippen LogP contribution is -2.32. The fourth-order valence-corrected chi connectivity index (χ4v) is 1.99. The highest BCUT2D eigenvalue weighted by Gasteiger charge is 2.44. The van der Waals surface area contributed by atoms with E-state index in [1.807, 2.05) is 12.3 Å². The van der Waals surface area contributed by atoms with Gasteiger partial charge in [0.25, 0.3) is 0 Å². The van der Waals surface area contributed by atoms with Gasteiger partial charge in [-0.15, -0.1) is 0 Å². The zero-order chi connectivity index (χ0) is 12.1. The van der Waals surface area contributed by atoms with E-state index in [0.717, 1.165) is 12.8 Å². The van der Waals surface area contributed by atoms with Crippen LogP contribution < -0.4 is 5.32 Å². The molecule has 0 bridgehead atoms. The highest BCUT2D eigenvalue weighted by Crippen LogP contribution is 2.47. The Morgan fingerprint density at radius 2 is 2.35 bits per heavy atom. The Hall–Kier alpha value is -1.42. The summed E-state index contributed by atoms with van der Waals surface area (Å²) in [5.41, 5.74) is 1.32. The van der Waals surface area contributed by atoms with Crippen molar-refractivity contribution in [3.63, 3.8) is 0 Å². The number of hydrogen-bond acceptors (Lipinski definition) is 3. The summed E-state index contributed by atoms with van der Waals surface area (Å²) in [6.45, 7) is 0.754. The number of hydrogen-bond donors (Lipinski definition) is 2. The molecule has 17 heavy (non-hydrogen) atoms. The van der Waals surface area contributed by atoms with Crippen molar-refractivity contribution < 1.29 is 9.90 Å². The van der Waals surface area contributed by atoms with Crippen LogP contribution in [0.3, 0.4) is 0 Å². The minimum atomic E-state index is 0.0224. The fourth-order valence-electron chi connectivity index (χ4n) is 1.99. The molecule has 2 N–H and O–H groups in total. The molecule has 0 aromatic carbocycles. The van der Waals surface area contributed by atoms with Gasteiger partial charge in [0.2, 0.25) is 5.91 Å². The summed E-state index contributed by atoms with van der Waals surface area (Å²) in [7, 11) is 0. The van der Waals surface area contributed by atoms with Crippen LogP contribution in [0.5, 0.6) is 0 Å². The quantitative estimate of drug-likeness (QED) is 0.772. The summed E-state index contributed by atoms with van der Waals surface area (Å²) >= 11 is 0. The molecule has 4 heteroatoms. The van der Waals surface area contributed by atoms with Crippen molar-refractivity contribution in [2.45, 2.75) is 31.1 Å². The number of carbonyl (C=O) groups excluding carboxylic acids is 1. The molecule has 1 amide bonds. The minimum absolute atomic E-state index is 0.0224. The first-order chi connectivity index (χ1) is 8.27. The summed E-state index contributed by atoms with van der Waals surface area (Å²) in [5.74, 6) is 0.0224. The summed E-state index contributed by atoms with van der Waals surface area (Å²) in [6, 6.07) is 4.00. The number of carbonyl (C=O) groups is 1. The maximum atomic E-state index is 11.5. The topological polar surface area (TPSA) is 62.2 Å². The Morgan fingerprint density at radius 1 is 1.53 bits per heavy atom. The van der Waals surface area contributed by atoms with Gasteiger partial charge in [-0.05, 0) is 30.9 Å². The Bertz CT molecular complexity index is 374. The number of nitrogens with zero attached hydrogens (tertiary/aromatic N) is 1. The van der Waals surface area contributed by atoms with Crippen molar-refractivity contribution in [2.24, 2.45) is 0 Å². The van der Waals surface area contributed by atoms with Crippen LogP contribution in [0.15, 0.2) is 24.5 Å². The van der Waals surface area contributed by atoms with Crippen LogP contribution in [0, 0.1) is 0 Å². The van der Waals surface area contributed by atoms with Crippen LogP contribution in [0.25, 0.3) is 0 Å². The van der Waals surface area contributed by atoms with E-state index in [1.165, 1.54) is 5.56 Å². The summed E-state index contributed by atoms with van der Waals surface area (Å²) in [5, 5.41) is 11.6. The van der Waals surface area contributed by atoms with Crippen LogP contribution in [0.1, 0.15) is 31.2 Å². The molecule has 0 radical (unpaired) electrons. The first-order valence-electron chi connectivity index (χ1n) is 6.05. The summed E-state index contributed by atoms with van der Waals surface area (Å²) in [4.78, 5) is 15.6. The van der Waals surface area contributed by atoms with Crippen LogP contribution in [0.2, 0.25) is 0 Å². The highest BCUT2D eigenvalue weighted by atomic mass is 16.3. The highest BCUT2D eigenvalue weighted by molar-refractivity contribution is 5.76. The van der Waals surface area contributed by atoms with Crippen LogP contribution in [-0.4, -0.2) is 29.1 Å². The van der Waals surface area contributed by atoms with Gasteiger partial charge >= 0.3 is 0 Å². The third-order valence-corrected chi connectivity index (χ3v) is 3.31. The lowest BCUT2D eigenvalue weighted by molar-refractivity contribution is -0.121. The van der Waals surface area contributed by atoms with E-state index in [4.69, 9.17) is 5.11 Å². The van der Waals surface area contributed by atoms with E-state index in [9.17, 15) is 4.79 Å². The van der Waals surface area contributed by atoms with Gasteiger partial charge in [0.1, 0.15) is 0 Å². The number of aliphatic hydroxyl groups is 1. The normalized spacial score (nSPS) is 16.5. The lowest BCUT2D eigenvalue weighted by atomic mass is 9.98. The van der Waals surface area contributed by atoms with Crippen molar-refractivity contribution in [3.8, 4) is 0 Å². The molecule has 4 nitrogen and oxygen atoms in total. The molecule has 0 aliphatic heterocycles. The van der Waals surface area contributed by atoms with E-state index in [2.05, 4.69) is 16.4 Å². The molecule has 0 unspecified atom stereocenters. The predicted octanol–water partition coefficient (Wildman–Crippen LogP) is 1.00. The molecule has 1 aliphatic rings. The molecule has 0 spiro atoms. The molecule has 1 aromatic rings. The fraction of sp³-hybridized carbons (Fsp3) is 0.538. The third-order valence-electron chi connectivity index (χ3n) is 3.31. The Kier molecular flexibility index (Phi) is 3.74. The van der Waals surface area contributed by atoms with Gasteiger partial charge in [0.05, 0.1) is 0 Å². The van der Waals surface area contributed by atoms with Gasteiger partial charge in [0, 0.05) is 37.4 Å². The monoisotopic (exact) mass is 234 g/mol. The molecule has 1 heterocycles. The van der Waals surface area contributed by atoms with E-state index < -0.39 is 0 Å². The first kappa shape index (κ1) is 12.0. The van der Waals surface area contributed by atoms with E-state index in [-0.39, 0.29) is 17.9 Å². The van der Waals surface area contributed by atoms with Crippen molar-refractivity contribution in [3.05, 3.63) is 30.1 Å². The predicted molar refractivity (Wildman–Crippen MR) is 64.5 cm³/mol. The van der Waals surface area contributed by atoms with Gasteiger partial charge in [-0.1, -0.05) is 6.07 Å². The van der Waals surface area contributed by atoms with Crippen LogP contribution >= 0.6 is 0 Å². The van der Waals surface area contributed by atoms with E-state index in [1.54, 1.807) is 6.20 Å². The minimum Gasteiger partial charge on any atom is -0.396 e. The average Bonchev–Trinajstić information content (AvgIpc) is 3.16. The Labute approximate surface area is 101 Å². The van der Waals surface area contributed by atoms with E-state index in [0.29, 0.717) is 19.4 Å². The van der Waals surface area contributed by atoms with Gasteiger partial charge in [-0.2, -0.15) is 0 Å². The van der Waals surface area contributed by atoms with Gasteiger partial charge in [-0.3, -0.25) is 9.78 Å². The van der Waals surface area contributed by atoms with Crippen LogP contribution in [0.4, 0.5) is 0 Å². The molecule has 0 saturated heterocycles. The van der Waals surface area contributed by atoms with Gasteiger partial charge in [0.15, 0.2) is 0 Å². The number of rotatable bonds is 6. The smallest absolute Gasteiger partial charge is 0.220 e. The summed E-state index contributed by atoms with van der Waals surface area (Å²) in [6.07, 6.45) is 6.80. The molecule has 1 aromatic heterocycles. The number of aliphatic hydroxyl groups excluding tert-OH is 1. The molecule has 92 valence electrons. The van der Waals surface area contributed by atoms with E-state index >= 15 is 0 Å². The van der Waals surface area contributed by atoms with Gasteiger partial charge < -0.3 is 10.4 Å². The Balaban J connectivity index is 1.85. The maximum absolute atomic E-state index is 11.5. The van der Waals surface area contributed by atoms with Crippen molar-refractivity contribution >= 4 is 5.91 Å². The second-order valence-corrected chi connectivity index (χ2v) is 4.63. The molecule has 1 fully saturated rings. The number of nitrogens with one attached hydrogen (secondary N) is 1. The number of amides is 1. The number of aromatic nitrogens is 1. The standard InChI is InChI=1S/C13H18N2O2/c16-8-2-4-12(17)15-10-13(5-6-13)11-3-1-7-14-9-11/h1,3,7,9,16H,2,4-6,8,10H2,(H,15,17). The molecule has 2 rings (SSSR count). The maximum Gasteiger partial charge on any atom is 0.220 e. The third kappa shape index (κ3) is 3.03. The molecule has 1 saturated carbocycles. The number of pyridine rings is 1. The first-order valence-corrected chi connectivity index (χ1v) is 6.05. The lowest BCUT2D eigenvalue weighted by Gasteiger charge is -2.15. The van der Waals surface area contributed by atoms with Crippen molar-refractivity contribution in [1.82, 2.24) is 10.3 Å². The van der Waals surface area contributed by atoms with Gasteiger partial charge in [-0.25, -0.2) is 0 Å². The molecular weight excluding hydrogens is 216 g/mol. The zero-order valence-electron chi connectivity index (χ0n) is 9.85. The van der Waals surface area contributed by atoms with Crippen molar-refractivity contribution in [1.29, 1.82) is 0 Å². The molecular formula is C13H18N2O2. The Morgan fingerprint density at radius 3 is 2.94 bits per heavy atom. The van der Waals surface area contributed by atoms with Crippen LogP contribution in [-0.2, 0) is 10.2 Å². The molecule has 0 atom stereocenters. The largest absolute Gasteiger partial charge is 0.396 e.